The Morgan fingerprint density at radius 1 is 1.17 bits per heavy atom. The molecule has 2 aromatic carbocycles. The zero-order chi connectivity index (χ0) is 17.2. The Balaban J connectivity index is 2.44. The third-order valence-corrected chi connectivity index (χ3v) is 3.07. The van der Waals surface area contributed by atoms with Crippen LogP contribution >= 0.6 is 11.6 Å². The monoisotopic (exact) mass is 344 g/mol. The van der Waals surface area contributed by atoms with Gasteiger partial charge in [0.2, 0.25) is 12.0 Å². The lowest BCUT2D eigenvalue weighted by Crippen LogP contribution is -2.04. The van der Waals surface area contributed by atoms with Crippen LogP contribution in [0.4, 0.5) is 18.9 Å². The van der Waals surface area contributed by atoms with E-state index >= 15 is 0 Å². The van der Waals surface area contributed by atoms with Crippen molar-refractivity contribution >= 4 is 23.6 Å². The van der Waals surface area contributed by atoms with Crippen molar-refractivity contribution in [3.05, 3.63) is 62.7 Å². The Morgan fingerprint density at radius 3 is 2.39 bits per heavy atom. The molecule has 0 atom stereocenters. The largest absolute Gasteiger partial charge is 0.449 e. The Kier molecular flexibility index (Phi) is 4.55. The first-order chi connectivity index (χ1) is 10.7. The summed E-state index contributed by atoms with van der Waals surface area (Å²) in [4.78, 5) is 20.9. The van der Waals surface area contributed by atoms with Gasteiger partial charge in [0.15, 0.2) is 0 Å². The van der Waals surface area contributed by atoms with Crippen LogP contribution in [0.3, 0.4) is 0 Å². The van der Waals surface area contributed by atoms with Gasteiger partial charge in [0.1, 0.15) is 11.3 Å². The van der Waals surface area contributed by atoms with Gasteiger partial charge in [-0.3, -0.25) is 14.9 Å². The summed E-state index contributed by atoms with van der Waals surface area (Å²) in [5.74, 6) is -0.552. The Labute approximate surface area is 132 Å². The topological polar surface area (TPSA) is 69.4 Å². The first kappa shape index (κ1) is 16.8. The van der Waals surface area contributed by atoms with Crippen molar-refractivity contribution in [1.82, 2.24) is 0 Å². The number of ether oxygens (including phenoxy) is 1. The quantitative estimate of drug-likeness (QED) is 0.604. The van der Waals surface area contributed by atoms with Crippen LogP contribution in [0.5, 0.6) is 11.5 Å². The first-order valence-corrected chi connectivity index (χ1v) is 6.32. The molecule has 5 nitrogen and oxygen atoms in total. The predicted octanol–water partition coefficient (Wildman–Crippen LogP) is 4.52. The molecule has 0 bridgehead atoms. The number of carbonyl (C=O) groups excluding carboxylic acids is 1. The van der Waals surface area contributed by atoms with Crippen molar-refractivity contribution in [3.63, 3.8) is 0 Å². The van der Waals surface area contributed by atoms with E-state index in [1.54, 1.807) is 0 Å². The lowest BCUT2D eigenvalue weighted by atomic mass is 10.2. The molecule has 0 saturated heterocycles. The van der Waals surface area contributed by atoms with Gasteiger partial charge in [0.25, 0.3) is 0 Å². The van der Waals surface area contributed by atoms with Gasteiger partial charge in [0.05, 0.1) is 15.5 Å². The van der Waals surface area contributed by atoms with Crippen molar-refractivity contribution in [2.45, 2.75) is 6.18 Å². The standard InChI is InChI=1S/C14H6ClF3NO4/c15-10-6-9(14(16,17)18)4-5-11(10)23-12-3-1-2-8(7-20)13(12)19(21)22/h1-6H. The zero-order valence-corrected chi connectivity index (χ0v) is 11.8. The van der Waals surface area contributed by atoms with Crippen LogP contribution < -0.4 is 4.74 Å². The number of halogens is 4. The van der Waals surface area contributed by atoms with Gasteiger partial charge in [-0.15, -0.1) is 0 Å². The zero-order valence-electron chi connectivity index (χ0n) is 11.1. The molecule has 23 heavy (non-hydrogen) atoms. The number of hydrogen-bond acceptors (Lipinski definition) is 4. The summed E-state index contributed by atoms with van der Waals surface area (Å²) in [7, 11) is 0. The summed E-state index contributed by atoms with van der Waals surface area (Å²) in [5.41, 5.74) is -1.99. The van der Waals surface area contributed by atoms with E-state index in [9.17, 15) is 28.1 Å². The average molecular weight is 345 g/mol. The van der Waals surface area contributed by atoms with Crippen LogP contribution in [-0.4, -0.2) is 11.2 Å². The number of nitrogens with zero attached hydrogens (tertiary/aromatic N) is 1. The summed E-state index contributed by atoms with van der Waals surface area (Å²) < 4.78 is 42.9. The fourth-order valence-corrected chi connectivity index (χ4v) is 1.97. The highest BCUT2D eigenvalue weighted by Crippen LogP contribution is 2.39. The van der Waals surface area contributed by atoms with Crippen molar-refractivity contribution in [2.24, 2.45) is 0 Å². The number of nitro benzene ring substituents is 1. The summed E-state index contributed by atoms with van der Waals surface area (Å²) in [5, 5.41) is 10.6. The third kappa shape index (κ3) is 3.59. The van der Waals surface area contributed by atoms with Gasteiger partial charge in [-0.2, -0.15) is 13.2 Å². The maximum atomic E-state index is 12.6. The molecule has 119 valence electrons. The lowest BCUT2D eigenvalue weighted by Gasteiger charge is -2.11. The van der Waals surface area contributed by atoms with Crippen molar-refractivity contribution in [1.29, 1.82) is 0 Å². The molecule has 0 fully saturated rings. The molecule has 0 aliphatic heterocycles. The Hall–Kier alpha value is -2.61. The number of para-hydroxylation sites is 1. The minimum atomic E-state index is -4.58. The third-order valence-electron chi connectivity index (χ3n) is 2.77. The molecule has 0 N–H and O–H groups in total. The summed E-state index contributed by atoms with van der Waals surface area (Å²) in [6, 6.07) is 5.95. The van der Waals surface area contributed by atoms with Crippen LogP contribution in [0.25, 0.3) is 0 Å². The van der Waals surface area contributed by atoms with Gasteiger partial charge in [-0.1, -0.05) is 17.7 Å². The Bertz CT molecular complexity index is 777. The van der Waals surface area contributed by atoms with Gasteiger partial charge >= 0.3 is 11.9 Å². The van der Waals surface area contributed by atoms with Crippen molar-refractivity contribution in [3.8, 4) is 11.5 Å². The molecule has 0 aliphatic carbocycles. The molecule has 0 heterocycles. The maximum absolute atomic E-state index is 12.6. The van der Waals surface area contributed by atoms with E-state index in [4.69, 9.17) is 16.3 Å². The van der Waals surface area contributed by atoms with E-state index in [-0.39, 0.29) is 22.1 Å². The molecule has 0 saturated carbocycles. The number of rotatable bonds is 4. The minimum Gasteiger partial charge on any atom is -0.449 e. The van der Waals surface area contributed by atoms with Gasteiger partial charge in [-0.05, 0) is 30.3 Å². The predicted molar refractivity (Wildman–Crippen MR) is 74.4 cm³/mol. The van der Waals surface area contributed by atoms with Crippen molar-refractivity contribution in [2.75, 3.05) is 0 Å². The molecule has 0 aromatic heterocycles. The highest BCUT2D eigenvalue weighted by Gasteiger charge is 2.31. The summed E-state index contributed by atoms with van der Waals surface area (Å²) in [6.45, 7) is 0. The minimum absolute atomic E-state index is 0.217. The summed E-state index contributed by atoms with van der Waals surface area (Å²) >= 11 is 5.72. The van der Waals surface area contributed by atoms with E-state index < -0.39 is 22.4 Å². The fourth-order valence-electron chi connectivity index (χ4n) is 1.75. The highest BCUT2D eigenvalue weighted by atomic mass is 35.5. The normalized spacial score (nSPS) is 11.1. The van der Waals surface area contributed by atoms with Gasteiger partial charge in [-0.25, -0.2) is 0 Å². The molecule has 9 heteroatoms. The molecule has 0 spiro atoms. The SMILES string of the molecule is O=[C]c1cccc(Oc2ccc(C(F)(F)F)cc2Cl)c1[N+](=O)[O-]. The second-order valence-electron chi connectivity index (χ2n) is 4.26. The van der Waals surface area contributed by atoms with Crippen LogP contribution in [0.1, 0.15) is 11.1 Å². The highest BCUT2D eigenvalue weighted by molar-refractivity contribution is 6.32. The number of hydrogen-bond donors (Lipinski definition) is 0. The van der Waals surface area contributed by atoms with Crippen LogP contribution in [-0.2, 0) is 11.0 Å². The van der Waals surface area contributed by atoms with E-state index in [1.807, 2.05) is 0 Å². The summed E-state index contributed by atoms with van der Waals surface area (Å²) in [6.07, 6.45) is -3.19. The number of nitro groups is 1. The fraction of sp³-hybridized carbons (Fsp3) is 0.0714. The Morgan fingerprint density at radius 2 is 1.87 bits per heavy atom. The van der Waals surface area contributed by atoms with Crippen LogP contribution in [0.2, 0.25) is 5.02 Å². The molecule has 2 aromatic rings. The number of alkyl halides is 3. The molecule has 0 amide bonds. The van der Waals surface area contributed by atoms with E-state index in [0.717, 1.165) is 18.2 Å². The van der Waals surface area contributed by atoms with E-state index in [1.165, 1.54) is 18.4 Å². The van der Waals surface area contributed by atoms with Gasteiger partial charge < -0.3 is 4.74 Å². The first-order valence-electron chi connectivity index (χ1n) is 5.94. The van der Waals surface area contributed by atoms with E-state index in [2.05, 4.69) is 0 Å². The molecular formula is C14H6ClF3NO4. The number of benzene rings is 2. The second-order valence-corrected chi connectivity index (χ2v) is 4.66. The molecular weight excluding hydrogens is 339 g/mol. The lowest BCUT2D eigenvalue weighted by molar-refractivity contribution is -0.385. The molecule has 0 aliphatic rings. The van der Waals surface area contributed by atoms with Crippen molar-refractivity contribution < 1.29 is 27.6 Å². The second kappa shape index (κ2) is 6.25. The smallest absolute Gasteiger partial charge is 0.416 e. The molecule has 0 unspecified atom stereocenters. The van der Waals surface area contributed by atoms with Gasteiger partial charge in [0, 0.05) is 0 Å². The van der Waals surface area contributed by atoms with E-state index in [0.29, 0.717) is 6.07 Å². The molecule has 2 rings (SSSR count). The van der Waals surface area contributed by atoms with Crippen LogP contribution in [0.15, 0.2) is 36.4 Å². The average Bonchev–Trinajstić information content (AvgIpc) is 2.47. The maximum Gasteiger partial charge on any atom is 0.416 e. The van der Waals surface area contributed by atoms with Crippen LogP contribution in [0, 0.1) is 10.1 Å². The molecule has 1 radical (unpaired) electrons.